The molecule has 2 aromatic rings. The van der Waals surface area contributed by atoms with Gasteiger partial charge >= 0.3 is 6.03 Å². The molecule has 3 heterocycles. The van der Waals surface area contributed by atoms with Gasteiger partial charge in [-0.15, -0.1) is 0 Å². The second-order valence-corrected chi connectivity index (χ2v) is 7.27. The van der Waals surface area contributed by atoms with E-state index in [2.05, 4.69) is 56.4 Å². The maximum absolute atomic E-state index is 12.6. The maximum atomic E-state index is 12.6. The normalized spacial score (nSPS) is 20.3. The van der Waals surface area contributed by atoms with Gasteiger partial charge in [0.1, 0.15) is 5.82 Å². The van der Waals surface area contributed by atoms with Crippen LogP contribution in [-0.2, 0) is 13.0 Å². The average molecular weight is 366 g/mol. The number of carbonyl (C=O) groups is 1. The largest absolute Gasteiger partial charge is 0.352 e. The number of likely N-dealkylation sites (N-methyl/N-ethyl adjacent to an activating group) is 1. The summed E-state index contributed by atoms with van der Waals surface area (Å²) in [4.78, 5) is 27.4. The van der Waals surface area contributed by atoms with Crippen LogP contribution < -0.4 is 10.2 Å². The number of hydrogen-bond donors (Lipinski definition) is 1. The van der Waals surface area contributed by atoms with E-state index in [0.717, 1.165) is 31.9 Å². The maximum Gasteiger partial charge on any atom is 0.317 e. The van der Waals surface area contributed by atoms with Crippen molar-refractivity contribution in [3.8, 4) is 0 Å². The highest BCUT2D eigenvalue weighted by atomic mass is 16.2. The SMILES string of the molecule is CN1Cc2ccccc2C[C@H]1CNC(=O)N1CCN(c2cnccn2)CC1. The predicted molar refractivity (Wildman–Crippen MR) is 105 cm³/mol. The van der Waals surface area contributed by atoms with Crippen LogP contribution in [0.3, 0.4) is 0 Å². The molecule has 0 saturated carbocycles. The summed E-state index contributed by atoms with van der Waals surface area (Å²) in [6.07, 6.45) is 6.13. The first-order chi connectivity index (χ1) is 13.2. The smallest absolute Gasteiger partial charge is 0.317 e. The van der Waals surface area contributed by atoms with E-state index in [1.807, 2.05) is 4.90 Å². The van der Waals surface area contributed by atoms with Crippen LogP contribution in [0.5, 0.6) is 0 Å². The Kier molecular flexibility index (Phi) is 5.20. The fourth-order valence-electron chi connectivity index (χ4n) is 3.86. The van der Waals surface area contributed by atoms with Gasteiger partial charge in [-0.25, -0.2) is 9.78 Å². The molecule has 2 amide bonds. The van der Waals surface area contributed by atoms with Gasteiger partial charge in [-0.05, 0) is 24.6 Å². The number of amides is 2. The number of urea groups is 1. The Morgan fingerprint density at radius 1 is 1.15 bits per heavy atom. The highest BCUT2D eigenvalue weighted by Crippen LogP contribution is 2.21. The van der Waals surface area contributed by atoms with Gasteiger partial charge < -0.3 is 15.1 Å². The Hall–Kier alpha value is -2.67. The van der Waals surface area contributed by atoms with Crippen molar-refractivity contribution in [1.82, 2.24) is 25.1 Å². The van der Waals surface area contributed by atoms with E-state index in [-0.39, 0.29) is 6.03 Å². The number of piperazine rings is 1. The molecule has 1 N–H and O–H groups in total. The molecule has 4 rings (SSSR count). The van der Waals surface area contributed by atoms with Gasteiger partial charge in [-0.2, -0.15) is 0 Å². The standard InChI is InChI=1S/C20H26N6O/c1-24-15-17-5-3-2-4-16(17)12-18(24)13-23-20(27)26-10-8-25(9-11-26)19-14-21-6-7-22-19/h2-7,14,18H,8-13,15H2,1H3,(H,23,27)/t18-/m0/s1. The van der Waals surface area contributed by atoms with E-state index >= 15 is 0 Å². The van der Waals surface area contributed by atoms with Crippen molar-refractivity contribution in [3.63, 3.8) is 0 Å². The lowest BCUT2D eigenvalue weighted by Gasteiger charge is -2.37. The number of rotatable bonds is 3. The highest BCUT2D eigenvalue weighted by molar-refractivity contribution is 5.74. The number of aromatic nitrogens is 2. The molecule has 0 radical (unpaired) electrons. The molecule has 27 heavy (non-hydrogen) atoms. The molecular formula is C20H26N6O. The van der Waals surface area contributed by atoms with Crippen molar-refractivity contribution in [3.05, 3.63) is 54.0 Å². The first-order valence-electron chi connectivity index (χ1n) is 9.51. The van der Waals surface area contributed by atoms with Gasteiger partial charge in [-0.3, -0.25) is 9.88 Å². The van der Waals surface area contributed by atoms with Crippen LogP contribution in [-0.4, -0.2) is 71.6 Å². The van der Waals surface area contributed by atoms with Crippen LogP contribution in [0.2, 0.25) is 0 Å². The van der Waals surface area contributed by atoms with Crippen molar-refractivity contribution in [2.45, 2.75) is 19.0 Å². The Morgan fingerprint density at radius 3 is 2.67 bits per heavy atom. The zero-order chi connectivity index (χ0) is 18.6. The first-order valence-corrected chi connectivity index (χ1v) is 9.51. The number of nitrogens with zero attached hydrogens (tertiary/aromatic N) is 5. The predicted octanol–water partition coefficient (Wildman–Crippen LogP) is 1.36. The number of hydrogen-bond acceptors (Lipinski definition) is 5. The molecule has 142 valence electrons. The van der Waals surface area contributed by atoms with Crippen LogP contribution in [0.4, 0.5) is 10.6 Å². The van der Waals surface area contributed by atoms with Gasteiger partial charge in [0.2, 0.25) is 0 Å². The van der Waals surface area contributed by atoms with E-state index in [0.29, 0.717) is 25.7 Å². The highest BCUT2D eigenvalue weighted by Gasteiger charge is 2.26. The van der Waals surface area contributed by atoms with Crippen molar-refractivity contribution in [2.75, 3.05) is 44.7 Å². The zero-order valence-electron chi connectivity index (χ0n) is 15.7. The van der Waals surface area contributed by atoms with Crippen LogP contribution in [0.25, 0.3) is 0 Å². The van der Waals surface area contributed by atoms with Crippen molar-refractivity contribution in [2.24, 2.45) is 0 Å². The minimum absolute atomic E-state index is 0.0288. The van der Waals surface area contributed by atoms with E-state index in [4.69, 9.17) is 0 Å². The summed E-state index contributed by atoms with van der Waals surface area (Å²) in [5, 5.41) is 3.14. The Balaban J connectivity index is 1.27. The summed E-state index contributed by atoms with van der Waals surface area (Å²) < 4.78 is 0. The van der Waals surface area contributed by atoms with Crippen molar-refractivity contribution in [1.29, 1.82) is 0 Å². The van der Waals surface area contributed by atoms with Crippen LogP contribution in [0.15, 0.2) is 42.9 Å². The van der Waals surface area contributed by atoms with E-state index < -0.39 is 0 Å². The summed E-state index contributed by atoms with van der Waals surface area (Å²) in [7, 11) is 2.13. The summed E-state index contributed by atoms with van der Waals surface area (Å²) in [6, 6.07) is 8.94. The van der Waals surface area contributed by atoms with Gasteiger partial charge in [0.05, 0.1) is 6.20 Å². The molecule has 1 aromatic heterocycles. The molecule has 2 aliphatic rings. The topological polar surface area (TPSA) is 64.6 Å². The lowest BCUT2D eigenvalue weighted by atomic mass is 9.94. The Labute approximate surface area is 160 Å². The third kappa shape index (κ3) is 4.03. The van der Waals surface area contributed by atoms with Crippen LogP contribution >= 0.6 is 0 Å². The van der Waals surface area contributed by atoms with Crippen molar-refractivity contribution >= 4 is 11.8 Å². The fourth-order valence-corrected chi connectivity index (χ4v) is 3.86. The van der Waals surface area contributed by atoms with E-state index in [1.165, 1.54) is 11.1 Å². The third-order valence-corrected chi connectivity index (χ3v) is 5.55. The second-order valence-electron chi connectivity index (χ2n) is 7.27. The minimum Gasteiger partial charge on any atom is -0.352 e. The molecule has 1 saturated heterocycles. The molecule has 1 atom stereocenters. The number of benzene rings is 1. The number of anilines is 1. The summed E-state index contributed by atoms with van der Waals surface area (Å²) >= 11 is 0. The fraction of sp³-hybridized carbons (Fsp3) is 0.450. The minimum atomic E-state index is 0.0288. The molecular weight excluding hydrogens is 340 g/mol. The molecule has 0 bridgehead atoms. The molecule has 0 unspecified atom stereocenters. The third-order valence-electron chi connectivity index (χ3n) is 5.55. The van der Waals surface area contributed by atoms with Crippen LogP contribution in [0, 0.1) is 0 Å². The summed E-state index contributed by atoms with van der Waals surface area (Å²) in [5.41, 5.74) is 2.79. The van der Waals surface area contributed by atoms with Gasteiger partial charge in [0.25, 0.3) is 0 Å². The number of fused-ring (bicyclic) bond motifs is 1. The number of nitrogens with one attached hydrogen (secondary N) is 1. The molecule has 1 fully saturated rings. The lowest BCUT2D eigenvalue weighted by molar-refractivity contribution is 0.179. The van der Waals surface area contributed by atoms with Gasteiger partial charge in [0, 0.05) is 57.7 Å². The first kappa shape index (κ1) is 17.7. The average Bonchev–Trinajstić information content (AvgIpc) is 2.73. The molecule has 1 aromatic carbocycles. The summed E-state index contributed by atoms with van der Waals surface area (Å²) in [6.45, 7) is 4.57. The quantitative estimate of drug-likeness (QED) is 0.889. The van der Waals surface area contributed by atoms with E-state index in [1.54, 1.807) is 18.6 Å². The van der Waals surface area contributed by atoms with Gasteiger partial charge in [0.15, 0.2) is 0 Å². The molecule has 0 spiro atoms. The molecule has 0 aliphatic carbocycles. The monoisotopic (exact) mass is 366 g/mol. The van der Waals surface area contributed by atoms with Crippen LogP contribution in [0.1, 0.15) is 11.1 Å². The van der Waals surface area contributed by atoms with E-state index in [9.17, 15) is 4.79 Å². The Bertz CT molecular complexity index is 775. The summed E-state index contributed by atoms with van der Waals surface area (Å²) in [5.74, 6) is 0.875. The Morgan fingerprint density at radius 2 is 1.93 bits per heavy atom. The number of carbonyl (C=O) groups excluding carboxylic acids is 1. The molecule has 7 nitrogen and oxygen atoms in total. The second kappa shape index (κ2) is 7.92. The molecule has 7 heteroatoms. The zero-order valence-corrected chi connectivity index (χ0v) is 15.7. The molecule has 2 aliphatic heterocycles. The van der Waals surface area contributed by atoms with Crippen molar-refractivity contribution < 1.29 is 4.79 Å². The lowest BCUT2D eigenvalue weighted by Crippen LogP contribution is -2.54. The van der Waals surface area contributed by atoms with Gasteiger partial charge in [-0.1, -0.05) is 24.3 Å².